The van der Waals surface area contributed by atoms with Gasteiger partial charge in [0.15, 0.2) is 11.5 Å². The topological polar surface area (TPSA) is 73.7 Å². The van der Waals surface area contributed by atoms with Crippen LogP contribution >= 0.6 is 0 Å². The van der Waals surface area contributed by atoms with Crippen LogP contribution in [0.15, 0.2) is 47.5 Å². The average Bonchev–Trinajstić information content (AvgIpc) is 3.16. The van der Waals surface area contributed by atoms with Gasteiger partial charge in [0.2, 0.25) is 12.7 Å². The zero-order valence-corrected chi connectivity index (χ0v) is 15.8. The van der Waals surface area contributed by atoms with E-state index in [2.05, 4.69) is 4.98 Å². The highest BCUT2D eigenvalue weighted by Crippen LogP contribution is 2.32. The molecular weight excluding hydrogens is 358 g/mol. The third kappa shape index (κ3) is 3.31. The second-order valence-corrected chi connectivity index (χ2v) is 6.74. The first-order chi connectivity index (χ1) is 13.6. The molecule has 0 atom stereocenters. The molecule has 3 aromatic rings. The number of rotatable bonds is 5. The Kier molecular flexibility index (Phi) is 4.73. The number of aromatic nitrogens is 2. The summed E-state index contributed by atoms with van der Waals surface area (Å²) in [5.41, 5.74) is 2.34. The van der Waals surface area contributed by atoms with E-state index in [1.807, 2.05) is 44.2 Å². The van der Waals surface area contributed by atoms with E-state index < -0.39 is 0 Å². The van der Waals surface area contributed by atoms with E-state index in [-0.39, 0.29) is 24.8 Å². The molecule has 0 radical (unpaired) electrons. The number of likely N-dealkylation sites (N-methyl/N-ethyl adjacent to an activating group) is 1. The number of benzene rings is 2. The normalized spacial score (nSPS) is 12.4. The monoisotopic (exact) mass is 379 g/mol. The lowest BCUT2D eigenvalue weighted by molar-refractivity contribution is -0.132. The van der Waals surface area contributed by atoms with E-state index in [1.165, 1.54) is 10.9 Å². The largest absolute Gasteiger partial charge is 0.454 e. The van der Waals surface area contributed by atoms with E-state index in [0.717, 1.165) is 11.1 Å². The van der Waals surface area contributed by atoms with Crippen molar-refractivity contribution in [2.45, 2.75) is 26.9 Å². The molecule has 0 unspecified atom stereocenters. The minimum Gasteiger partial charge on any atom is -0.454 e. The maximum atomic E-state index is 12.8. The van der Waals surface area contributed by atoms with Gasteiger partial charge in [-0.2, -0.15) is 0 Å². The van der Waals surface area contributed by atoms with Crippen molar-refractivity contribution in [2.75, 3.05) is 13.3 Å². The Bertz CT molecular complexity index is 1110. The van der Waals surface area contributed by atoms with E-state index >= 15 is 0 Å². The second kappa shape index (κ2) is 7.34. The van der Waals surface area contributed by atoms with Crippen LogP contribution in [0.4, 0.5) is 0 Å². The number of carbonyl (C=O) groups excluding carboxylic acids is 1. The van der Waals surface area contributed by atoms with Gasteiger partial charge in [-0.25, -0.2) is 4.98 Å². The lowest BCUT2D eigenvalue weighted by Crippen LogP contribution is -2.36. The fourth-order valence-electron chi connectivity index (χ4n) is 3.33. The van der Waals surface area contributed by atoms with Crippen LogP contribution in [0.3, 0.4) is 0 Å². The minimum absolute atomic E-state index is 0.0475. The second-order valence-electron chi connectivity index (χ2n) is 6.74. The number of para-hydroxylation sites is 1. The molecule has 7 heteroatoms. The first-order valence-electron chi connectivity index (χ1n) is 9.18. The summed E-state index contributed by atoms with van der Waals surface area (Å²) in [4.78, 5) is 31.6. The lowest BCUT2D eigenvalue weighted by atomic mass is 10.1. The van der Waals surface area contributed by atoms with Crippen LogP contribution in [0.5, 0.6) is 11.5 Å². The maximum absolute atomic E-state index is 12.8. The molecule has 0 bridgehead atoms. The van der Waals surface area contributed by atoms with Crippen molar-refractivity contribution in [2.24, 2.45) is 0 Å². The Morgan fingerprint density at radius 2 is 2.04 bits per heavy atom. The molecule has 2 heterocycles. The number of carbonyl (C=O) groups is 1. The maximum Gasteiger partial charge on any atom is 0.261 e. The van der Waals surface area contributed by atoms with Crippen molar-refractivity contribution in [1.29, 1.82) is 0 Å². The van der Waals surface area contributed by atoms with E-state index in [4.69, 9.17) is 9.47 Å². The van der Waals surface area contributed by atoms with Crippen LogP contribution in [-0.4, -0.2) is 33.7 Å². The molecule has 2 aromatic carbocycles. The van der Waals surface area contributed by atoms with Crippen LogP contribution in [0.1, 0.15) is 18.1 Å². The molecule has 4 rings (SSSR count). The fourth-order valence-corrected chi connectivity index (χ4v) is 3.33. The van der Waals surface area contributed by atoms with Gasteiger partial charge >= 0.3 is 0 Å². The zero-order chi connectivity index (χ0) is 19.7. The Balaban J connectivity index is 1.54. The molecule has 0 saturated heterocycles. The SMILES string of the molecule is CCN(Cc1ccc2c(c1)OCO2)C(=O)Cn1cnc2c(C)cccc2c1=O. The van der Waals surface area contributed by atoms with Gasteiger partial charge < -0.3 is 14.4 Å². The van der Waals surface area contributed by atoms with Crippen molar-refractivity contribution >= 4 is 16.8 Å². The molecule has 7 nitrogen and oxygen atoms in total. The molecule has 144 valence electrons. The van der Waals surface area contributed by atoms with Crippen LogP contribution < -0.4 is 15.0 Å². The first kappa shape index (κ1) is 18.0. The summed E-state index contributed by atoms with van der Waals surface area (Å²) in [6.45, 7) is 4.95. The van der Waals surface area contributed by atoms with Crippen LogP contribution in [0, 0.1) is 6.92 Å². The van der Waals surface area contributed by atoms with E-state index in [0.29, 0.717) is 35.5 Å². The third-order valence-electron chi connectivity index (χ3n) is 4.91. The molecule has 0 saturated carbocycles. The molecular formula is C21H21N3O4. The van der Waals surface area contributed by atoms with Gasteiger partial charge in [-0.1, -0.05) is 18.2 Å². The average molecular weight is 379 g/mol. The minimum atomic E-state index is -0.207. The van der Waals surface area contributed by atoms with E-state index in [9.17, 15) is 9.59 Å². The number of nitrogens with zero attached hydrogens (tertiary/aromatic N) is 3. The third-order valence-corrected chi connectivity index (χ3v) is 4.91. The van der Waals surface area contributed by atoms with Gasteiger partial charge in [-0.05, 0) is 43.2 Å². The summed E-state index contributed by atoms with van der Waals surface area (Å²) in [7, 11) is 0. The molecule has 1 aliphatic rings. The summed E-state index contributed by atoms with van der Waals surface area (Å²) in [6.07, 6.45) is 1.45. The Labute approximate surface area is 162 Å². The molecule has 28 heavy (non-hydrogen) atoms. The fraction of sp³-hybridized carbons (Fsp3) is 0.286. The highest BCUT2D eigenvalue weighted by molar-refractivity contribution is 5.81. The summed E-state index contributed by atoms with van der Waals surface area (Å²) in [6, 6.07) is 11.1. The Morgan fingerprint density at radius 1 is 1.21 bits per heavy atom. The summed E-state index contributed by atoms with van der Waals surface area (Å²) in [5.74, 6) is 1.25. The number of hydrogen-bond acceptors (Lipinski definition) is 5. The molecule has 1 amide bonds. The zero-order valence-electron chi connectivity index (χ0n) is 15.8. The van der Waals surface area contributed by atoms with E-state index in [1.54, 1.807) is 11.0 Å². The van der Waals surface area contributed by atoms with Gasteiger partial charge in [-0.15, -0.1) is 0 Å². The lowest BCUT2D eigenvalue weighted by Gasteiger charge is -2.21. The molecule has 0 spiro atoms. The number of ether oxygens (including phenoxy) is 2. The first-order valence-corrected chi connectivity index (χ1v) is 9.18. The smallest absolute Gasteiger partial charge is 0.261 e. The summed E-state index contributed by atoms with van der Waals surface area (Å²) >= 11 is 0. The molecule has 0 fully saturated rings. The van der Waals surface area contributed by atoms with Crippen LogP contribution in [0.2, 0.25) is 0 Å². The van der Waals surface area contributed by atoms with Gasteiger partial charge in [0, 0.05) is 13.1 Å². The number of hydrogen-bond donors (Lipinski definition) is 0. The standard InChI is InChI=1S/C21H21N3O4/c1-3-23(10-15-7-8-17-18(9-15)28-13-27-17)19(25)11-24-12-22-20-14(2)5-4-6-16(20)21(24)26/h4-9,12H,3,10-11,13H2,1-2H3. The van der Waals surface area contributed by atoms with Gasteiger partial charge in [0.1, 0.15) is 6.54 Å². The Hall–Kier alpha value is -3.35. The van der Waals surface area contributed by atoms with Crippen molar-refractivity contribution in [3.63, 3.8) is 0 Å². The van der Waals surface area contributed by atoms with Gasteiger partial charge in [0.25, 0.3) is 5.56 Å². The molecule has 1 aromatic heterocycles. The van der Waals surface area contributed by atoms with Gasteiger partial charge in [-0.3, -0.25) is 14.2 Å². The van der Waals surface area contributed by atoms with Gasteiger partial charge in [0.05, 0.1) is 17.2 Å². The highest BCUT2D eigenvalue weighted by atomic mass is 16.7. The van der Waals surface area contributed by atoms with Crippen LogP contribution in [-0.2, 0) is 17.9 Å². The van der Waals surface area contributed by atoms with Crippen LogP contribution in [0.25, 0.3) is 10.9 Å². The quantitative estimate of drug-likeness (QED) is 0.681. The molecule has 0 N–H and O–H groups in total. The summed E-state index contributed by atoms with van der Waals surface area (Å²) < 4.78 is 12.1. The Morgan fingerprint density at radius 3 is 2.86 bits per heavy atom. The predicted molar refractivity (Wildman–Crippen MR) is 104 cm³/mol. The predicted octanol–water partition coefficient (Wildman–Crippen LogP) is 2.48. The van der Waals surface area contributed by atoms with Crippen molar-refractivity contribution in [3.8, 4) is 11.5 Å². The van der Waals surface area contributed by atoms with Crippen molar-refractivity contribution in [1.82, 2.24) is 14.5 Å². The number of aryl methyl sites for hydroxylation is 1. The summed E-state index contributed by atoms with van der Waals surface area (Å²) in [5, 5.41) is 0.522. The number of fused-ring (bicyclic) bond motifs is 2. The molecule has 0 aliphatic carbocycles. The van der Waals surface area contributed by atoms with Crippen molar-refractivity contribution < 1.29 is 14.3 Å². The molecule has 1 aliphatic heterocycles. The van der Waals surface area contributed by atoms with Crippen molar-refractivity contribution in [3.05, 3.63) is 64.2 Å². The number of amides is 1. The highest BCUT2D eigenvalue weighted by Gasteiger charge is 2.18.